The lowest BCUT2D eigenvalue weighted by Gasteiger charge is -2.24. The molecule has 2 aromatic heterocycles. The molecule has 4 nitrogen and oxygen atoms in total. The molecule has 4 rings (SSSR count). The zero-order chi connectivity index (χ0) is 18.5. The zero-order valence-electron chi connectivity index (χ0n) is 15.4. The Morgan fingerprint density at radius 2 is 2.11 bits per heavy atom. The minimum absolute atomic E-state index is 0.104. The molecule has 0 saturated heterocycles. The molecule has 0 saturated carbocycles. The zero-order valence-corrected chi connectivity index (χ0v) is 16.3. The van der Waals surface area contributed by atoms with Crippen LogP contribution in [0.4, 0.5) is 0 Å². The van der Waals surface area contributed by atoms with Crippen LogP contribution in [0.5, 0.6) is 0 Å². The molecule has 1 aromatic carbocycles. The van der Waals surface area contributed by atoms with E-state index < -0.39 is 0 Å². The SMILES string of the molecule is O=C(CCCc1cccs1)N[C@@H]1CCCc2c1cnn2Cc1ccccc1. The molecule has 1 aliphatic rings. The predicted octanol–water partition coefficient (Wildman–Crippen LogP) is 4.51. The molecule has 0 unspecified atom stereocenters. The first kappa shape index (κ1) is 18.0. The van der Waals surface area contributed by atoms with E-state index in [-0.39, 0.29) is 11.9 Å². The number of hydrogen-bond acceptors (Lipinski definition) is 3. The minimum atomic E-state index is 0.104. The van der Waals surface area contributed by atoms with Crippen LogP contribution in [0.1, 0.15) is 53.4 Å². The maximum Gasteiger partial charge on any atom is 0.220 e. The number of nitrogens with zero attached hydrogens (tertiary/aromatic N) is 2. The van der Waals surface area contributed by atoms with Crippen molar-refractivity contribution < 1.29 is 4.79 Å². The lowest BCUT2D eigenvalue weighted by atomic mass is 9.92. The smallest absolute Gasteiger partial charge is 0.220 e. The summed E-state index contributed by atoms with van der Waals surface area (Å²) in [4.78, 5) is 13.8. The summed E-state index contributed by atoms with van der Waals surface area (Å²) in [6.45, 7) is 0.789. The van der Waals surface area contributed by atoms with E-state index in [1.807, 2.05) is 12.3 Å². The van der Waals surface area contributed by atoms with Crippen LogP contribution in [0.2, 0.25) is 0 Å². The molecule has 0 fully saturated rings. The van der Waals surface area contributed by atoms with Crippen molar-refractivity contribution in [3.8, 4) is 0 Å². The van der Waals surface area contributed by atoms with Crippen LogP contribution in [0.25, 0.3) is 0 Å². The van der Waals surface area contributed by atoms with Gasteiger partial charge in [0.2, 0.25) is 5.91 Å². The molecule has 0 radical (unpaired) electrons. The Morgan fingerprint density at radius 3 is 2.93 bits per heavy atom. The maximum absolute atomic E-state index is 12.4. The van der Waals surface area contributed by atoms with Gasteiger partial charge in [-0.25, -0.2) is 0 Å². The van der Waals surface area contributed by atoms with Gasteiger partial charge in [0.15, 0.2) is 0 Å². The number of carbonyl (C=O) groups is 1. The quantitative estimate of drug-likeness (QED) is 0.656. The van der Waals surface area contributed by atoms with Gasteiger partial charge in [-0.3, -0.25) is 9.48 Å². The highest BCUT2D eigenvalue weighted by Crippen LogP contribution is 2.30. The second-order valence-electron chi connectivity index (χ2n) is 7.14. The maximum atomic E-state index is 12.4. The van der Waals surface area contributed by atoms with Crippen molar-refractivity contribution >= 4 is 17.2 Å². The lowest BCUT2D eigenvalue weighted by Crippen LogP contribution is -2.31. The molecule has 5 heteroatoms. The van der Waals surface area contributed by atoms with Crippen LogP contribution in [-0.2, 0) is 24.2 Å². The molecule has 1 amide bonds. The first-order chi connectivity index (χ1) is 13.3. The molecule has 0 bridgehead atoms. The van der Waals surface area contributed by atoms with E-state index >= 15 is 0 Å². The number of nitrogens with one attached hydrogen (secondary N) is 1. The Hall–Kier alpha value is -2.40. The topological polar surface area (TPSA) is 46.9 Å². The molecule has 1 N–H and O–H groups in total. The minimum Gasteiger partial charge on any atom is -0.349 e. The van der Waals surface area contributed by atoms with Crippen molar-refractivity contribution in [3.63, 3.8) is 0 Å². The Kier molecular flexibility index (Phi) is 5.68. The number of benzene rings is 1. The second-order valence-corrected chi connectivity index (χ2v) is 8.17. The summed E-state index contributed by atoms with van der Waals surface area (Å²) >= 11 is 1.76. The third-order valence-corrected chi connectivity index (χ3v) is 6.12. The largest absolute Gasteiger partial charge is 0.349 e. The van der Waals surface area contributed by atoms with Crippen LogP contribution >= 0.6 is 11.3 Å². The number of aryl methyl sites for hydroxylation is 1. The average Bonchev–Trinajstić information content (AvgIpc) is 3.34. The summed E-state index contributed by atoms with van der Waals surface area (Å²) in [5.41, 5.74) is 3.72. The Balaban J connectivity index is 1.36. The van der Waals surface area contributed by atoms with E-state index in [0.717, 1.165) is 38.6 Å². The van der Waals surface area contributed by atoms with E-state index in [0.29, 0.717) is 6.42 Å². The van der Waals surface area contributed by atoms with Gasteiger partial charge >= 0.3 is 0 Å². The van der Waals surface area contributed by atoms with E-state index in [2.05, 4.69) is 56.9 Å². The molecular weight excluding hydrogens is 354 g/mol. The normalized spacial score (nSPS) is 16.1. The van der Waals surface area contributed by atoms with Gasteiger partial charge in [-0.2, -0.15) is 5.10 Å². The second kappa shape index (κ2) is 8.53. The molecule has 1 atom stereocenters. The fraction of sp³-hybridized carbons (Fsp3) is 0.364. The van der Waals surface area contributed by atoms with Gasteiger partial charge in [0.1, 0.15) is 0 Å². The summed E-state index contributed by atoms with van der Waals surface area (Å²) < 4.78 is 2.10. The number of carbonyl (C=O) groups excluding carboxylic acids is 1. The van der Waals surface area contributed by atoms with E-state index in [1.54, 1.807) is 11.3 Å². The van der Waals surface area contributed by atoms with Crippen molar-refractivity contribution in [2.75, 3.05) is 0 Å². The highest BCUT2D eigenvalue weighted by Gasteiger charge is 2.25. The number of fused-ring (bicyclic) bond motifs is 1. The Morgan fingerprint density at radius 1 is 1.22 bits per heavy atom. The number of aromatic nitrogens is 2. The van der Waals surface area contributed by atoms with Crippen LogP contribution in [0, 0.1) is 0 Å². The number of thiophene rings is 1. The number of hydrogen-bond donors (Lipinski definition) is 1. The fourth-order valence-corrected chi connectivity index (χ4v) is 4.56. The van der Waals surface area contributed by atoms with Crippen LogP contribution in [0.3, 0.4) is 0 Å². The highest BCUT2D eigenvalue weighted by molar-refractivity contribution is 7.09. The van der Waals surface area contributed by atoms with E-state index in [9.17, 15) is 4.79 Å². The van der Waals surface area contributed by atoms with Gasteiger partial charge in [0.05, 0.1) is 18.8 Å². The van der Waals surface area contributed by atoms with Crippen molar-refractivity contribution in [2.24, 2.45) is 0 Å². The highest BCUT2D eigenvalue weighted by atomic mass is 32.1. The summed E-state index contributed by atoms with van der Waals surface area (Å²) in [5.74, 6) is 0.153. The summed E-state index contributed by atoms with van der Waals surface area (Å²) in [5, 5.41) is 9.95. The molecule has 1 aliphatic carbocycles. The van der Waals surface area contributed by atoms with Crippen LogP contribution < -0.4 is 5.32 Å². The van der Waals surface area contributed by atoms with Gasteiger partial charge in [0.25, 0.3) is 0 Å². The van der Waals surface area contributed by atoms with E-state index in [1.165, 1.54) is 21.7 Å². The molecule has 0 aliphatic heterocycles. The third kappa shape index (κ3) is 4.48. The molecule has 27 heavy (non-hydrogen) atoms. The standard InChI is InChI=1S/C22H25N3OS/c26-22(13-4-9-18-10-6-14-27-18)24-20-11-5-12-21-19(20)15-23-25(21)16-17-7-2-1-3-8-17/h1-3,6-8,10,14-15,20H,4-5,9,11-13,16H2,(H,24,26)/t20-/m1/s1. The fourth-order valence-electron chi connectivity index (χ4n) is 3.81. The number of rotatable bonds is 7. The average molecular weight is 380 g/mol. The lowest BCUT2D eigenvalue weighted by molar-refractivity contribution is -0.122. The monoisotopic (exact) mass is 379 g/mol. The van der Waals surface area contributed by atoms with Gasteiger partial charge in [-0.15, -0.1) is 11.3 Å². The first-order valence-corrected chi connectivity index (χ1v) is 10.6. The predicted molar refractivity (Wildman–Crippen MR) is 109 cm³/mol. The van der Waals surface area contributed by atoms with Gasteiger partial charge in [-0.1, -0.05) is 36.4 Å². The van der Waals surface area contributed by atoms with Crippen LogP contribution in [0.15, 0.2) is 54.0 Å². The third-order valence-electron chi connectivity index (χ3n) is 5.18. The number of amides is 1. The summed E-state index contributed by atoms with van der Waals surface area (Å²) in [7, 11) is 0. The molecule has 3 aromatic rings. The van der Waals surface area contributed by atoms with Gasteiger partial charge in [-0.05, 0) is 49.1 Å². The van der Waals surface area contributed by atoms with Gasteiger partial charge < -0.3 is 5.32 Å². The first-order valence-electron chi connectivity index (χ1n) is 9.70. The van der Waals surface area contributed by atoms with Crippen LogP contribution in [-0.4, -0.2) is 15.7 Å². The Bertz CT molecular complexity index is 870. The van der Waals surface area contributed by atoms with E-state index in [4.69, 9.17) is 0 Å². The van der Waals surface area contributed by atoms with Crippen molar-refractivity contribution in [2.45, 2.75) is 51.1 Å². The molecule has 140 valence electrons. The molecular formula is C22H25N3OS. The summed E-state index contributed by atoms with van der Waals surface area (Å²) in [6.07, 6.45) is 7.55. The van der Waals surface area contributed by atoms with Crippen molar-refractivity contribution in [1.29, 1.82) is 0 Å². The molecule has 2 heterocycles. The molecule has 0 spiro atoms. The Labute approximate surface area is 164 Å². The van der Waals surface area contributed by atoms with Crippen molar-refractivity contribution in [3.05, 3.63) is 75.7 Å². The van der Waals surface area contributed by atoms with Crippen molar-refractivity contribution in [1.82, 2.24) is 15.1 Å². The summed E-state index contributed by atoms with van der Waals surface area (Å²) in [6, 6.07) is 14.7. The van der Waals surface area contributed by atoms with Gasteiger partial charge in [0, 0.05) is 22.6 Å².